The first kappa shape index (κ1) is 19.6. The lowest BCUT2D eigenvalue weighted by atomic mass is 10.1. The Morgan fingerprint density at radius 3 is 2.42 bits per heavy atom. The van der Waals surface area contributed by atoms with Gasteiger partial charge in [-0.15, -0.1) is 11.6 Å². The topological polar surface area (TPSA) is 27.7 Å². The fraction of sp³-hybridized carbons (Fsp3) is 0.700. The molecule has 1 aromatic carbocycles. The zero-order valence-electron chi connectivity index (χ0n) is 14.7. The summed E-state index contributed by atoms with van der Waals surface area (Å²) in [5, 5.41) is 0. The van der Waals surface area contributed by atoms with Crippen LogP contribution in [0.4, 0.5) is 0 Å². The molecule has 3 nitrogen and oxygen atoms in total. The summed E-state index contributed by atoms with van der Waals surface area (Å²) in [6, 6.07) is 8.16. The van der Waals surface area contributed by atoms with Crippen LogP contribution in [0.5, 0.6) is 5.75 Å². The molecule has 0 saturated carbocycles. The van der Waals surface area contributed by atoms with Gasteiger partial charge in [0.1, 0.15) is 5.75 Å². The largest absolute Gasteiger partial charge is 0.465 e. The molecule has 0 aliphatic carbocycles. The van der Waals surface area contributed by atoms with Gasteiger partial charge in [0.25, 0.3) is 0 Å². The Bertz CT molecular complexity index is 415. The first-order valence-electron chi connectivity index (χ1n) is 9.39. The summed E-state index contributed by atoms with van der Waals surface area (Å²) in [7, 11) is 0. The third kappa shape index (κ3) is 8.36. The maximum Gasteiger partial charge on any atom is 0.199 e. The minimum Gasteiger partial charge on any atom is -0.465 e. The van der Waals surface area contributed by atoms with Crippen LogP contribution in [0, 0.1) is 0 Å². The van der Waals surface area contributed by atoms with Gasteiger partial charge in [0, 0.05) is 18.9 Å². The summed E-state index contributed by atoms with van der Waals surface area (Å²) in [6.07, 6.45) is 10.6. The average molecular weight is 355 g/mol. The fourth-order valence-electron chi connectivity index (χ4n) is 2.82. The van der Waals surface area contributed by atoms with Crippen LogP contribution in [0.1, 0.15) is 63.4 Å². The van der Waals surface area contributed by atoms with E-state index in [1.165, 1.54) is 37.7 Å². The molecule has 1 heterocycles. The quantitative estimate of drug-likeness (QED) is 0.356. The Balaban J connectivity index is 1.52. The lowest BCUT2D eigenvalue weighted by Crippen LogP contribution is -2.24. The maximum absolute atomic E-state index is 5.84. The van der Waals surface area contributed by atoms with Crippen LogP contribution < -0.4 is 4.74 Å². The summed E-state index contributed by atoms with van der Waals surface area (Å²) >= 11 is 5.67. The Labute approximate surface area is 151 Å². The summed E-state index contributed by atoms with van der Waals surface area (Å²) in [4.78, 5) is 0. The van der Waals surface area contributed by atoms with Gasteiger partial charge in [-0.25, -0.2) is 0 Å². The number of hydrogen-bond acceptors (Lipinski definition) is 3. The number of alkyl halides is 1. The first-order valence-corrected chi connectivity index (χ1v) is 9.93. The lowest BCUT2D eigenvalue weighted by Gasteiger charge is -2.23. The molecule has 0 aromatic heterocycles. The van der Waals surface area contributed by atoms with Crippen molar-refractivity contribution in [2.24, 2.45) is 0 Å². The average Bonchev–Trinajstić information content (AvgIpc) is 2.62. The molecule has 1 aromatic rings. The predicted octanol–water partition coefficient (Wildman–Crippen LogP) is 5.69. The van der Waals surface area contributed by atoms with Crippen molar-refractivity contribution >= 4 is 11.6 Å². The van der Waals surface area contributed by atoms with Gasteiger partial charge in [-0.1, -0.05) is 37.8 Å². The van der Waals surface area contributed by atoms with Crippen molar-refractivity contribution in [3.05, 3.63) is 29.8 Å². The highest BCUT2D eigenvalue weighted by Gasteiger charge is 2.14. The van der Waals surface area contributed by atoms with Gasteiger partial charge in [0.05, 0.1) is 13.2 Å². The van der Waals surface area contributed by atoms with Crippen molar-refractivity contribution in [3.63, 3.8) is 0 Å². The molecule has 4 heteroatoms. The molecule has 24 heavy (non-hydrogen) atoms. The lowest BCUT2D eigenvalue weighted by molar-refractivity contribution is -0.105. The van der Waals surface area contributed by atoms with E-state index in [1.54, 1.807) is 0 Å². The van der Waals surface area contributed by atoms with Crippen molar-refractivity contribution in [3.8, 4) is 5.75 Å². The zero-order chi connectivity index (χ0) is 16.9. The van der Waals surface area contributed by atoms with E-state index in [9.17, 15) is 0 Å². The van der Waals surface area contributed by atoms with E-state index >= 15 is 0 Å². The number of benzene rings is 1. The number of halogens is 1. The van der Waals surface area contributed by atoms with Gasteiger partial charge in [0.15, 0.2) is 6.29 Å². The normalized spacial score (nSPS) is 17.8. The smallest absolute Gasteiger partial charge is 0.199 e. The second kappa shape index (κ2) is 12.6. The highest BCUT2D eigenvalue weighted by Crippen LogP contribution is 2.20. The van der Waals surface area contributed by atoms with E-state index in [-0.39, 0.29) is 6.29 Å². The molecule has 0 radical (unpaired) electrons. The molecule has 1 fully saturated rings. The van der Waals surface area contributed by atoms with Crippen LogP contribution in [0.25, 0.3) is 0 Å². The Morgan fingerprint density at radius 2 is 1.71 bits per heavy atom. The summed E-state index contributed by atoms with van der Waals surface area (Å²) in [6.45, 7) is 2.32. The van der Waals surface area contributed by atoms with Crippen molar-refractivity contribution in [2.45, 2.75) is 70.7 Å². The van der Waals surface area contributed by atoms with Gasteiger partial charge in [-0.05, 0) is 43.4 Å². The summed E-state index contributed by atoms with van der Waals surface area (Å²) in [5.74, 6) is 1.67. The second-order valence-corrected chi connectivity index (χ2v) is 6.80. The van der Waals surface area contributed by atoms with E-state index in [1.807, 2.05) is 12.1 Å². The molecular formula is C20H31ClO3. The van der Waals surface area contributed by atoms with Crippen LogP contribution in [-0.4, -0.2) is 25.4 Å². The summed E-state index contributed by atoms with van der Waals surface area (Å²) in [5.41, 5.74) is 1.19. The van der Waals surface area contributed by atoms with Gasteiger partial charge < -0.3 is 14.2 Å². The maximum atomic E-state index is 5.84. The Kier molecular flexibility index (Phi) is 10.2. The predicted molar refractivity (Wildman–Crippen MR) is 98.7 cm³/mol. The molecule has 1 atom stereocenters. The molecule has 0 amide bonds. The molecule has 0 N–H and O–H groups in total. The number of unbranched alkanes of at least 4 members (excludes halogenated alkanes) is 5. The van der Waals surface area contributed by atoms with Gasteiger partial charge in [0.2, 0.25) is 0 Å². The molecule has 1 aliphatic rings. The van der Waals surface area contributed by atoms with E-state index in [2.05, 4.69) is 12.1 Å². The van der Waals surface area contributed by atoms with Crippen LogP contribution in [0.2, 0.25) is 0 Å². The third-order valence-corrected chi connectivity index (χ3v) is 4.54. The minimum atomic E-state index is -0.0784. The standard InChI is InChI=1S/C20H31ClO3/c21-14-6-3-1-2-4-7-15-22-17-18-10-12-19(13-11-18)24-20-9-5-8-16-23-20/h10-13,20H,1-9,14-17H2. The molecule has 0 spiro atoms. The van der Waals surface area contributed by atoms with Crippen molar-refractivity contribution in [1.82, 2.24) is 0 Å². The van der Waals surface area contributed by atoms with Crippen LogP contribution >= 0.6 is 11.6 Å². The second-order valence-electron chi connectivity index (χ2n) is 6.42. The highest BCUT2D eigenvalue weighted by molar-refractivity contribution is 6.17. The SMILES string of the molecule is ClCCCCCCCCOCc1ccc(OC2CCCCO2)cc1. The Hall–Kier alpha value is -0.770. The molecule has 1 unspecified atom stereocenters. The zero-order valence-corrected chi connectivity index (χ0v) is 15.4. The van der Waals surface area contributed by atoms with Gasteiger partial charge in [-0.2, -0.15) is 0 Å². The van der Waals surface area contributed by atoms with Crippen molar-refractivity contribution in [1.29, 1.82) is 0 Å². The third-order valence-electron chi connectivity index (χ3n) is 4.27. The molecule has 0 bridgehead atoms. The fourth-order valence-corrected chi connectivity index (χ4v) is 3.00. The van der Waals surface area contributed by atoms with E-state index in [4.69, 9.17) is 25.8 Å². The van der Waals surface area contributed by atoms with E-state index < -0.39 is 0 Å². The van der Waals surface area contributed by atoms with Gasteiger partial charge >= 0.3 is 0 Å². The monoisotopic (exact) mass is 354 g/mol. The van der Waals surface area contributed by atoms with Crippen molar-refractivity contribution in [2.75, 3.05) is 19.1 Å². The molecular weight excluding hydrogens is 324 g/mol. The number of ether oxygens (including phenoxy) is 3. The summed E-state index contributed by atoms with van der Waals surface area (Å²) < 4.78 is 17.2. The van der Waals surface area contributed by atoms with Crippen LogP contribution in [-0.2, 0) is 16.1 Å². The first-order chi connectivity index (χ1) is 11.9. The molecule has 1 saturated heterocycles. The van der Waals surface area contributed by atoms with Crippen LogP contribution in [0.3, 0.4) is 0 Å². The van der Waals surface area contributed by atoms with Gasteiger partial charge in [-0.3, -0.25) is 0 Å². The molecule has 1 aliphatic heterocycles. The van der Waals surface area contributed by atoms with Crippen LogP contribution in [0.15, 0.2) is 24.3 Å². The van der Waals surface area contributed by atoms with E-state index in [0.29, 0.717) is 6.61 Å². The Morgan fingerprint density at radius 1 is 0.958 bits per heavy atom. The minimum absolute atomic E-state index is 0.0784. The van der Waals surface area contributed by atoms with Crippen molar-refractivity contribution < 1.29 is 14.2 Å². The highest BCUT2D eigenvalue weighted by atomic mass is 35.5. The number of hydrogen-bond donors (Lipinski definition) is 0. The number of rotatable bonds is 12. The molecule has 2 rings (SSSR count). The van der Waals surface area contributed by atoms with E-state index in [0.717, 1.165) is 50.5 Å². The molecule has 136 valence electrons.